The number of nitrogens with one attached hydrogen (secondary N) is 1. The van der Waals surface area contributed by atoms with Gasteiger partial charge in [0.05, 0.1) is 19.1 Å². The van der Waals surface area contributed by atoms with E-state index in [1.165, 1.54) is 6.07 Å². The van der Waals surface area contributed by atoms with E-state index in [4.69, 9.17) is 13.9 Å². The van der Waals surface area contributed by atoms with Crippen LogP contribution in [0.1, 0.15) is 15.9 Å². The van der Waals surface area contributed by atoms with Gasteiger partial charge in [-0.15, -0.1) is 0 Å². The number of carbonyl (C=O) groups is 1. The van der Waals surface area contributed by atoms with E-state index in [1.807, 2.05) is 0 Å². The number of fused-ring (bicyclic) bond motifs is 1. The maximum absolute atomic E-state index is 12.6. The summed E-state index contributed by atoms with van der Waals surface area (Å²) in [5, 5.41) is 13.9. The van der Waals surface area contributed by atoms with E-state index >= 15 is 0 Å². The van der Waals surface area contributed by atoms with Crippen LogP contribution >= 0.6 is 0 Å². The van der Waals surface area contributed by atoms with Crippen molar-refractivity contribution < 1.29 is 23.6 Å². The van der Waals surface area contributed by atoms with Crippen LogP contribution < -0.4 is 14.8 Å². The number of anilines is 1. The van der Waals surface area contributed by atoms with Crippen LogP contribution in [-0.2, 0) is 0 Å². The van der Waals surface area contributed by atoms with Gasteiger partial charge in [-0.1, -0.05) is 6.07 Å². The van der Waals surface area contributed by atoms with Crippen LogP contribution in [0, 0.1) is 17.0 Å². The molecule has 4 rings (SSSR count). The number of hydrogen-bond donors (Lipinski definition) is 1. The standard InChI is InChI=1S/C23H19N3O6/c1-13-4-5-14(10-18(13)26(28)29)22(27)24-16-7-9-19-17(12-16)25-23(32-19)15-6-8-20(30-2)21(11-15)31-3/h4-12H,1-3H3,(H,24,27). The number of ether oxygens (including phenoxy) is 2. The molecule has 0 aliphatic carbocycles. The Hall–Kier alpha value is -4.40. The molecular formula is C23H19N3O6. The van der Waals surface area contributed by atoms with Crippen molar-refractivity contribution in [3.63, 3.8) is 0 Å². The Morgan fingerprint density at radius 2 is 1.81 bits per heavy atom. The van der Waals surface area contributed by atoms with Gasteiger partial charge in [-0.25, -0.2) is 4.98 Å². The summed E-state index contributed by atoms with van der Waals surface area (Å²) in [7, 11) is 3.10. The Bertz CT molecular complexity index is 1350. The van der Waals surface area contributed by atoms with Crippen LogP contribution in [0.2, 0.25) is 0 Å². The summed E-state index contributed by atoms with van der Waals surface area (Å²) in [6.45, 7) is 1.62. The Labute approximate surface area is 182 Å². The predicted molar refractivity (Wildman–Crippen MR) is 118 cm³/mol. The smallest absolute Gasteiger partial charge is 0.273 e. The highest BCUT2D eigenvalue weighted by atomic mass is 16.6. The second kappa shape index (κ2) is 8.38. The fraction of sp³-hybridized carbons (Fsp3) is 0.130. The minimum absolute atomic E-state index is 0.107. The van der Waals surface area contributed by atoms with Crippen molar-refractivity contribution in [3.8, 4) is 23.0 Å². The maximum Gasteiger partial charge on any atom is 0.273 e. The molecular weight excluding hydrogens is 414 g/mol. The summed E-state index contributed by atoms with van der Waals surface area (Å²) in [5.74, 6) is 1.07. The van der Waals surface area contributed by atoms with E-state index in [9.17, 15) is 14.9 Å². The van der Waals surface area contributed by atoms with E-state index in [1.54, 1.807) is 69.7 Å². The highest BCUT2D eigenvalue weighted by Gasteiger charge is 2.16. The average molecular weight is 433 g/mol. The molecule has 0 radical (unpaired) electrons. The average Bonchev–Trinajstić information content (AvgIpc) is 3.22. The molecule has 0 saturated heterocycles. The maximum atomic E-state index is 12.6. The van der Waals surface area contributed by atoms with E-state index in [2.05, 4.69) is 10.3 Å². The molecule has 0 atom stereocenters. The lowest BCUT2D eigenvalue weighted by molar-refractivity contribution is -0.385. The zero-order valence-corrected chi connectivity index (χ0v) is 17.5. The molecule has 0 bridgehead atoms. The van der Waals surface area contributed by atoms with Crippen LogP contribution in [0.15, 0.2) is 59.0 Å². The number of rotatable bonds is 6. The first-order valence-electron chi connectivity index (χ1n) is 9.59. The SMILES string of the molecule is COc1ccc(-c2nc3cc(NC(=O)c4ccc(C)c([N+](=O)[O-])c4)ccc3o2)cc1OC. The van der Waals surface area contributed by atoms with Gasteiger partial charge in [0.1, 0.15) is 5.52 Å². The number of nitro groups is 1. The quantitative estimate of drug-likeness (QED) is 0.337. The third kappa shape index (κ3) is 3.95. The lowest BCUT2D eigenvalue weighted by atomic mass is 10.1. The van der Waals surface area contributed by atoms with E-state index in [0.29, 0.717) is 45.3 Å². The third-order valence-electron chi connectivity index (χ3n) is 4.94. The number of benzene rings is 3. The van der Waals surface area contributed by atoms with Gasteiger partial charge in [0, 0.05) is 28.4 Å². The van der Waals surface area contributed by atoms with Crippen molar-refractivity contribution in [2.75, 3.05) is 19.5 Å². The molecule has 9 heteroatoms. The number of aromatic nitrogens is 1. The molecule has 1 aromatic heterocycles. The first kappa shape index (κ1) is 20.9. The van der Waals surface area contributed by atoms with Crippen molar-refractivity contribution >= 4 is 28.4 Å². The Kier molecular flexibility index (Phi) is 5.46. The second-order valence-electron chi connectivity index (χ2n) is 6.98. The number of hydrogen-bond acceptors (Lipinski definition) is 7. The van der Waals surface area contributed by atoms with Gasteiger partial charge in [-0.2, -0.15) is 0 Å². The van der Waals surface area contributed by atoms with Gasteiger partial charge >= 0.3 is 0 Å². The fourth-order valence-electron chi connectivity index (χ4n) is 3.25. The summed E-state index contributed by atoms with van der Waals surface area (Å²) >= 11 is 0. The van der Waals surface area contributed by atoms with Crippen molar-refractivity contribution in [2.45, 2.75) is 6.92 Å². The minimum Gasteiger partial charge on any atom is -0.493 e. The van der Waals surface area contributed by atoms with Crippen LogP contribution in [0.25, 0.3) is 22.6 Å². The summed E-state index contributed by atoms with van der Waals surface area (Å²) in [6, 6.07) is 14.7. The Morgan fingerprint density at radius 3 is 2.53 bits per heavy atom. The third-order valence-corrected chi connectivity index (χ3v) is 4.94. The molecule has 1 heterocycles. The van der Waals surface area contributed by atoms with Gasteiger partial charge in [-0.3, -0.25) is 14.9 Å². The van der Waals surface area contributed by atoms with Gasteiger partial charge in [-0.05, 0) is 49.4 Å². The summed E-state index contributed by atoms with van der Waals surface area (Å²) in [6.07, 6.45) is 0. The van der Waals surface area contributed by atoms with Crippen molar-refractivity contribution in [2.24, 2.45) is 0 Å². The van der Waals surface area contributed by atoms with Gasteiger partial charge < -0.3 is 19.2 Å². The van der Waals surface area contributed by atoms with E-state index < -0.39 is 10.8 Å². The number of aryl methyl sites for hydroxylation is 1. The number of nitrogens with zero attached hydrogens (tertiary/aromatic N) is 2. The molecule has 0 saturated carbocycles. The topological polar surface area (TPSA) is 117 Å². The lowest BCUT2D eigenvalue weighted by Gasteiger charge is -2.07. The molecule has 0 aliphatic heterocycles. The zero-order chi connectivity index (χ0) is 22.8. The highest BCUT2D eigenvalue weighted by molar-refractivity contribution is 6.05. The molecule has 0 fully saturated rings. The summed E-state index contributed by atoms with van der Waals surface area (Å²) in [4.78, 5) is 27.7. The molecule has 0 spiro atoms. The number of carbonyl (C=O) groups excluding carboxylic acids is 1. The van der Waals surface area contributed by atoms with E-state index in [0.717, 1.165) is 0 Å². The molecule has 1 N–H and O–H groups in total. The van der Waals surface area contributed by atoms with E-state index in [-0.39, 0.29) is 11.3 Å². The molecule has 0 unspecified atom stereocenters. The molecule has 162 valence electrons. The van der Waals surface area contributed by atoms with Gasteiger partial charge in [0.15, 0.2) is 17.1 Å². The minimum atomic E-state index is -0.511. The molecule has 32 heavy (non-hydrogen) atoms. The summed E-state index contributed by atoms with van der Waals surface area (Å²) < 4.78 is 16.4. The fourth-order valence-corrected chi connectivity index (χ4v) is 3.25. The Balaban J connectivity index is 1.60. The number of nitro benzene ring substituents is 1. The Morgan fingerprint density at radius 1 is 1.03 bits per heavy atom. The molecule has 4 aromatic rings. The number of methoxy groups -OCH3 is 2. The van der Waals surface area contributed by atoms with Crippen molar-refractivity contribution in [1.29, 1.82) is 0 Å². The monoisotopic (exact) mass is 433 g/mol. The normalized spacial score (nSPS) is 10.7. The van der Waals surface area contributed by atoms with Gasteiger partial charge in [0.25, 0.3) is 11.6 Å². The largest absolute Gasteiger partial charge is 0.493 e. The summed E-state index contributed by atoms with van der Waals surface area (Å²) in [5.41, 5.74) is 2.84. The molecule has 9 nitrogen and oxygen atoms in total. The first-order valence-corrected chi connectivity index (χ1v) is 9.59. The van der Waals surface area contributed by atoms with Crippen LogP contribution in [0.4, 0.5) is 11.4 Å². The number of amides is 1. The highest BCUT2D eigenvalue weighted by Crippen LogP contribution is 2.33. The van der Waals surface area contributed by atoms with Crippen LogP contribution in [0.5, 0.6) is 11.5 Å². The van der Waals surface area contributed by atoms with Crippen LogP contribution in [0.3, 0.4) is 0 Å². The van der Waals surface area contributed by atoms with Crippen molar-refractivity contribution in [1.82, 2.24) is 4.98 Å². The van der Waals surface area contributed by atoms with Gasteiger partial charge in [0.2, 0.25) is 5.89 Å². The van der Waals surface area contributed by atoms with Crippen LogP contribution in [-0.4, -0.2) is 30.0 Å². The molecule has 3 aromatic carbocycles. The molecule has 1 amide bonds. The number of oxazole rings is 1. The predicted octanol–water partition coefficient (Wildman–Crippen LogP) is 4.98. The lowest BCUT2D eigenvalue weighted by Crippen LogP contribution is -2.12. The second-order valence-corrected chi connectivity index (χ2v) is 6.98. The zero-order valence-electron chi connectivity index (χ0n) is 17.5. The first-order chi connectivity index (χ1) is 15.4. The van der Waals surface area contributed by atoms with Crippen molar-refractivity contribution in [3.05, 3.63) is 75.8 Å². The molecule has 0 aliphatic rings.